The zero-order chi connectivity index (χ0) is 12.0. The third kappa shape index (κ3) is 4.10. The number of carbonyl (C=O) groups is 1. The average molecular weight is 228 g/mol. The first-order chi connectivity index (χ1) is 7.56. The van der Waals surface area contributed by atoms with Crippen molar-refractivity contribution < 1.29 is 9.53 Å². The normalized spacial score (nSPS) is 18.4. The van der Waals surface area contributed by atoms with Crippen LogP contribution >= 0.6 is 0 Å². The summed E-state index contributed by atoms with van der Waals surface area (Å²) in [7, 11) is 0. The Morgan fingerprint density at radius 2 is 2.06 bits per heavy atom. The second kappa shape index (κ2) is 6.21. The number of ether oxygens (including phenoxy) is 1. The van der Waals surface area contributed by atoms with Crippen LogP contribution in [-0.2, 0) is 9.53 Å². The van der Waals surface area contributed by atoms with Crippen molar-refractivity contribution in [2.24, 2.45) is 5.41 Å². The van der Waals surface area contributed by atoms with Crippen molar-refractivity contribution in [3.05, 3.63) is 0 Å². The van der Waals surface area contributed by atoms with E-state index in [1.807, 2.05) is 20.8 Å². The molecule has 1 heterocycles. The number of hydrogen-bond donors (Lipinski definition) is 2. The van der Waals surface area contributed by atoms with Crippen molar-refractivity contribution >= 4 is 5.97 Å². The predicted octanol–water partition coefficient (Wildman–Crippen LogP) is 0.917. The highest BCUT2D eigenvalue weighted by molar-refractivity contribution is 5.76. The molecule has 1 rings (SSSR count). The Morgan fingerprint density at radius 1 is 1.44 bits per heavy atom. The maximum atomic E-state index is 11.7. The van der Waals surface area contributed by atoms with Crippen molar-refractivity contribution in [2.45, 2.75) is 39.7 Å². The molecule has 0 unspecified atom stereocenters. The number of carbonyl (C=O) groups excluding carboxylic acids is 1. The van der Waals surface area contributed by atoms with Gasteiger partial charge in [0.1, 0.15) is 0 Å². The molecular weight excluding hydrogens is 204 g/mol. The lowest BCUT2D eigenvalue weighted by Gasteiger charge is -2.29. The van der Waals surface area contributed by atoms with E-state index in [1.54, 1.807) is 0 Å². The predicted molar refractivity (Wildman–Crippen MR) is 64.3 cm³/mol. The number of esters is 1. The Hall–Kier alpha value is -0.610. The number of hydrogen-bond acceptors (Lipinski definition) is 4. The van der Waals surface area contributed by atoms with Gasteiger partial charge in [0.25, 0.3) is 0 Å². The smallest absolute Gasteiger partial charge is 0.312 e. The van der Waals surface area contributed by atoms with Gasteiger partial charge in [-0.2, -0.15) is 0 Å². The molecule has 0 atom stereocenters. The molecule has 4 nitrogen and oxygen atoms in total. The molecule has 0 aromatic heterocycles. The molecule has 0 amide bonds. The molecule has 1 aliphatic rings. The van der Waals surface area contributed by atoms with E-state index in [1.165, 1.54) is 0 Å². The van der Waals surface area contributed by atoms with Gasteiger partial charge in [-0.15, -0.1) is 0 Å². The fourth-order valence-corrected chi connectivity index (χ4v) is 1.82. The Labute approximate surface area is 98.1 Å². The van der Waals surface area contributed by atoms with Crippen molar-refractivity contribution in [1.29, 1.82) is 0 Å². The van der Waals surface area contributed by atoms with Gasteiger partial charge in [0.2, 0.25) is 0 Å². The second-order valence-corrected chi connectivity index (χ2v) is 5.01. The van der Waals surface area contributed by atoms with Crippen LogP contribution in [0.15, 0.2) is 0 Å². The van der Waals surface area contributed by atoms with E-state index in [4.69, 9.17) is 4.74 Å². The summed E-state index contributed by atoms with van der Waals surface area (Å²) in [4.78, 5) is 11.7. The molecule has 16 heavy (non-hydrogen) atoms. The molecule has 0 aromatic rings. The van der Waals surface area contributed by atoms with Crippen LogP contribution in [0.4, 0.5) is 0 Å². The van der Waals surface area contributed by atoms with Crippen LogP contribution in [0, 0.1) is 5.41 Å². The quantitative estimate of drug-likeness (QED) is 0.687. The SMILES string of the molecule is CCOC(=O)C(C)(C)CNC1CCNCC1. The molecule has 0 saturated carbocycles. The molecule has 0 aliphatic carbocycles. The maximum Gasteiger partial charge on any atom is 0.312 e. The van der Waals surface area contributed by atoms with Gasteiger partial charge >= 0.3 is 5.97 Å². The summed E-state index contributed by atoms with van der Waals surface area (Å²) in [6.07, 6.45) is 2.28. The highest BCUT2D eigenvalue weighted by Crippen LogP contribution is 2.17. The van der Waals surface area contributed by atoms with Crippen LogP contribution in [0.3, 0.4) is 0 Å². The number of piperidine rings is 1. The first kappa shape index (κ1) is 13.5. The van der Waals surface area contributed by atoms with Gasteiger partial charge in [0, 0.05) is 12.6 Å². The van der Waals surface area contributed by atoms with E-state index in [2.05, 4.69) is 10.6 Å². The van der Waals surface area contributed by atoms with Gasteiger partial charge in [-0.05, 0) is 46.7 Å². The summed E-state index contributed by atoms with van der Waals surface area (Å²) in [5, 5.41) is 6.78. The van der Waals surface area contributed by atoms with Crippen LogP contribution in [0.5, 0.6) is 0 Å². The average Bonchev–Trinajstić information content (AvgIpc) is 2.28. The van der Waals surface area contributed by atoms with Gasteiger partial charge in [-0.25, -0.2) is 0 Å². The van der Waals surface area contributed by atoms with Gasteiger partial charge in [0.05, 0.1) is 12.0 Å². The first-order valence-electron chi connectivity index (χ1n) is 6.17. The van der Waals surface area contributed by atoms with E-state index in [-0.39, 0.29) is 5.97 Å². The van der Waals surface area contributed by atoms with Gasteiger partial charge in [0.15, 0.2) is 0 Å². The standard InChI is InChI=1S/C12H24N2O2/c1-4-16-11(15)12(2,3)9-14-10-5-7-13-8-6-10/h10,13-14H,4-9H2,1-3H3. The Kier molecular flexibility index (Phi) is 5.22. The van der Waals surface area contributed by atoms with Crippen LogP contribution in [-0.4, -0.2) is 38.3 Å². The molecular formula is C12H24N2O2. The Bertz CT molecular complexity index is 223. The van der Waals surface area contributed by atoms with E-state index in [0.717, 1.165) is 25.9 Å². The molecule has 0 spiro atoms. The molecule has 0 aromatic carbocycles. The van der Waals surface area contributed by atoms with Crippen molar-refractivity contribution in [2.75, 3.05) is 26.2 Å². The minimum Gasteiger partial charge on any atom is -0.466 e. The van der Waals surface area contributed by atoms with Gasteiger partial charge in [-0.1, -0.05) is 0 Å². The molecule has 0 radical (unpaired) electrons. The highest BCUT2D eigenvalue weighted by atomic mass is 16.5. The Balaban J connectivity index is 2.31. The lowest BCUT2D eigenvalue weighted by Crippen LogP contribution is -2.45. The van der Waals surface area contributed by atoms with Crippen LogP contribution in [0.2, 0.25) is 0 Å². The minimum absolute atomic E-state index is 0.114. The topological polar surface area (TPSA) is 50.4 Å². The van der Waals surface area contributed by atoms with Crippen LogP contribution < -0.4 is 10.6 Å². The third-order valence-corrected chi connectivity index (χ3v) is 3.00. The zero-order valence-electron chi connectivity index (χ0n) is 10.6. The lowest BCUT2D eigenvalue weighted by molar-refractivity contribution is -0.153. The maximum absolute atomic E-state index is 11.7. The van der Waals surface area contributed by atoms with Crippen molar-refractivity contribution in [3.8, 4) is 0 Å². The van der Waals surface area contributed by atoms with Gasteiger partial charge < -0.3 is 15.4 Å². The minimum atomic E-state index is -0.430. The van der Waals surface area contributed by atoms with Crippen molar-refractivity contribution in [3.63, 3.8) is 0 Å². The summed E-state index contributed by atoms with van der Waals surface area (Å²) in [5.74, 6) is -0.114. The summed E-state index contributed by atoms with van der Waals surface area (Å²) in [6.45, 7) is 8.98. The third-order valence-electron chi connectivity index (χ3n) is 3.00. The van der Waals surface area contributed by atoms with Crippen LogP contribution in [0.25, 0.3) is 0 Å². The van der Waals surface area contributed by atoms with E-state index in [0.29, 0.717) is 19.2 Å². The fraction of sp³-hybridized carbons (Fsp3) is 0.917. The van der Waals surface area contributed by atoms with Crippen molar-refractivity contribution in [1.82, 2.24) is 10.6 Å². The van der Waals surface area contributed by atoms with E-state index in [9.17, 15) is 4.79 Å². The molecule has 94 valence electrons. The Morgan fingerprint density at radius 3 is 2.62 bits per heavy atom. The van der Waals surface area contributed by atoms with Gasteiger partial charge in [-0.3, -0.25) is 4.79 Å². The second-order valence-electron chi connectivity index (χ2n) is 5.01. The summed E-state index contributed by atoms with van der Waals surface area (Å²) in [5.41, 5.74) is -0.430. The molecule has 4 heteroatoms. The number of rotatable bonds is 5. The van der Waals surface area contributed by atoms with E-state index >= 15 is 0 Å². The first-order valence-corrected chi connectivity index (χ1v) is 6.17. The summed E-state index contributed by atoms with van der Waals surface area (Å²) >= 11 is 0. The van der Waals surface area contributed by atoms with E-state index < -0.39 is 5.41 Å². The number of nitrogens with one attached hydrogen (secondary N) is 2. The molecule has 0 bridgehead atoms. The molecule has 1 saturated heterocycles. The summed E-state index contributed by atoms with van der Waals surface area (Å²) in [6, 6.07) is 0.537. The largest absolute Gasteiger partial charge is 0.466 e. The lowest BCUT2D eigenvalue weighted by atomic mass is 9.92. The molecule has 2 N–H and O–H groups in total. The monoisotopic (exact) mass is 228 g/mol. The highest BCUT2D eigenvalue weighted by Gasteiger charge is 2.29. The fourth-order valence-electron chi connectivity index (χ4n) is 1.82. The molecule has 1 aliphatic heterocycles. The summed E-state index contributed by atoms with van der Waals surface area (Å²) < 4.78 is 5.06. The van der Waals surface area contributed by atoms with Crippen LogP contribution in [0.1, 0.15) is 33.6 Å². The zero-order valence-corrected chi connectivity index (χ0v) is 10.6. The molecule has 1 fully saturated rings.